The molecule has 2 rings (SSSR count). The summed E-state index contributed by atoms with van der Waals surface area (Å²) >= 11 is 1.35. The van der Waals surface area contributed by atoms with Crippen molar-refractivity contribution in [2.45, 2.75) is 45.7 Å². The van der Waals surface area contributed by atoms with Crippen LogP contribution in [0, 0.1) is 0 Å². The fourth-order valence-corrected chi connectivity index (χ4v) is 2.63. The first-order valence-electron chi connectivity index (χ1n) is 9.66. The SMILES string of the molecule is CC.C[C@@H](N)Cc1c[nH]c2ccccc12.NC(=O)[C@H](CC(=O)OI)NC(=O)CNC=O. The summed E-state index contributed by atoms with van der Waals surface area (Å²) in [5.74, 6) is -2.17. The van der Waals surface area contributed by atoms with Gasteiger partial charge in [-0.25, -0.2) is 0 Å². The van der Waals surface area contributed by atoms with E-state index in [1.165, 1.54) is 39.5 Å². The van der Waals surface area contributed by atoms with Crippen LogP contribution < -0.4 is 22.1 Å². The first kappa shape index (κ1) is 28.3. The minimum atomic E-state index is -1.15. The Bertz CT molecular complexity index is 840. The number of hydrogen-bond acceptors (Lipinski definition) is 6. The van der Waals surface area contributed by atoms with Crippen molar-refractivity contribution < 1.29 is 22.2 Å². The van der Waals surface area contributed by atoms with Gasteiger partial charge in [0.1, 0.15) is 6.04 Å². The molecule has 1 aromatic carbocycles. The Morgan fingerprint density at radius 3 is 2.45 bits per heavy atom. The molecule has 1 aromatic heterocycles. The van der Waals surface area contributed by atoms with Crippen LogP contribution in [-0.2, 0) is 28.7 Å². The zero-order chi connectivity index (χ0) is 23.8. The topological polar surface area (TPSA) is 169 Å². The molecular formula is C20H30IN5O5. The Morgan fingerprint density at radius 2 is 1.90 bits per heavy atom. The largest absolute Gasteiger partial charge is 0.394 e. The van der Waals surface area contributed by atoms with E-state index in [2.05, 4.69) is 36.9 Å². The average Bonchev–Trinajstić information content (AvgIpc) is 3.15. The molecule has 31 heavy (non-hydrogen) atoms. The quantitative estimate of drug-likeness (QED) is 0.232. The molecule has 0 aliphatic carbocycles. The maximum absolute atomic E-state index is 11.1. The third kappa shape index (κ3) is 11.3. The normalized spacial score (nSPS) is 11.5. The van der Waals surface area contributed by atoms with Crippen LogP contribution in [0.5, 0.6) is 0 Å². The molecule has 11 heteroatoms. The lowest BCUT2D eigenvalue weighted by atomic mass is 10.1. The number of aromatic nitrogens is 1. The lowest BCUT2D eigenvalue weighted by molar-refractivity contribution is -0.135. The number of carbonyl (C=O) groups excluding carboxylic acids is 4. The van der Waals surface area contributed by atoms with E-state index < -0.39 is 23.8 Å². The van der Waals surface area contributed by atoms with Crippen LogP contribution in [0.4, 0.5) is 0 Å². The van der Waals surface area contributed by atoms with Crippen molar-refractivity contribution in [1.82, 2.24) is 15.6 Å². The van der Waals surface area contributed by atoms with Crippen molar-refractivity contribution in [3.05, 3.63) is 36.0 Å². The first-order valence-corrected chi connectivity index (χ1v) is 10.5. The smallest absolute Gasteiger partial charge is 0.317 e. The maximum Gasteiger partial charge on any atom is 0.317 e. The van der Waals surface area contributed by atoms with Crippen LogP contribution in [0.3, 0.4) is 0 Å². The number of nitrogens with one attached hydrogen (secondary N) is 3. The highest BCUT2D eigenvalue weighted by molar-refractivity contribution is 14.1. The van der Waals surface area contributed by atoms with Gasteiger partial charge >= 0.3 is 5.97 Å². The van der Waals surface area contributed by atoms with Crippen molar-refractivity contribution in [3.8, 4) is 0 Å². The number of benzene rings is 1. The zero-order valence-corrected chi connectivity index (χ0v) is 20.0. The highest BCUT2D eigenvalue weighted by atomic mass is 127. The molecule has 2 atom stereocenters. The predicted octanol–water partition coefficient (Wildman–Crippen LogP) is 1.07. The predicted molar refractivity (Wildman–Crippen MR) is 127 cm³/mol. The molecule has 10 nitrogen and oxygen atoms in total. The Labute approximate surface area is 195 Å². The number of H-pyrrole nitrogens is 1. The molecule has 7 N–H and O–H groups in total. The summed E-state index contributed by atoms with van der Waals surface area (Å²) < 4.78 is 4.29. The van der Waals surface area contributed by atoms with Gasteiger partial charge in [-0.2, -0.15) is 0 Å². The van der Waals surface area contributed by atoms with Gasteiger partial charge in [-0.05, 0) is 25.0 Å². The summed E-state index contributed by atoms with van der Waals surface area (Å²) in [6.45, 7) is 5.73. The molecule has 0 bridgehead atoms. The number of fused-ring (bicyclic) bond motifs is 1. The molecule has 0 saturated carbocycles. The van der Waals surface area contributed by atoms with Gasteiger partial charge in [0.2, 0.25) is 18.2 Å². The fraction of sp³-hybridized carbons (Fsp3) is 0.400. The van der Waals surface area contributed by atoms with E-state index in [0.29, 0.717) is 6.41 Å². The Morgan fingerprint density at radius 1 is 1.26 bits per heavy atom. The number of carbonyl (C=O) groups is 4. The number of nitrogens with two attached hydrogens (primary N) is 2. The molecule has 0 aliphatic rings. The van der Waals surface area contributed by atoms with E-state index >= 15 is 0 Å². The molecule has 0 unspecified atom stereocenters. The number of para-hydroxylation sites is 1. The first-order chi connectivity index (χ1) is 14.8. The second-order valence-electron chi connectivity index (χ2n) is 6.22. The third-order valence-electron chi connectivity index (χ3n) is 3.70. The van der Waals surface area contributed by atoms with Crippen molar-refractivity contribution in [2.75, 3.05) is 6.54 Å². The van der Waals surface area contributed by atoms with E-state index in [4.69, 9.17) is 11.5 Å². The molecule has 3 amide bonds. The van der Waals surface area contributed by atoms with Crippen molar-refractivity contribution in [3.63, 3.8) is 0 Å². The third-order valence-corrected chi connectivity index (χ3v) is 4.19. The molecule has 0 aliphatic heterocycles. The highest BCUT2D eigenvalue weighted by Gasteiger charge is 2.21. The van der Waals surface area contributed by atoms with E-state index in [9.17, 15) is 19.2 Å². The molecule has 0 saturated heterocycles. The molecule has 0 fully saturated rings. The van der Waals surface area contributed by atoms with Gasteiger partial charge < -0.3 is 30.2 Å². The van der Waals surface area contributed by atoms with Gasteiger partial charge in [-0.15, -0.1) is 0 Å². The number of hydrogen-bond donors (Lipinski definition) is 5. The number of amides is 3. The fourth-order valence-electron chi connectivity index (χ4n) is 2.45. The Hall–Kier alpha value is -2.67. The van der Waals surface area contributed by atoms with Crippen LogP contribution in [0.25, 0.3) is 10.9 Å². The monoisotopic (exact) mass is 547 g/mol. The van der Waals surface area contributed by atoms with Gasteiger partial charge in [0, 0.05) is 23.1 Å². The van der Waals surface area contributed by atoms with E-state index in [-0.39, 0.29) is 19.0 Å². The number of primary amides is 1. The van der Waals surface area contributed by atoms with Gasteiger partial charge in [0.05, 0.1) is 13.0 Å². The van der Waals surface area contributed by atoms with Gasteiger partial charge in [-0.1, -0.05) is 32.0 Å². The van der Waals surface area contributed by atoms with Crippen molar-refractivity contribution >= 4 is 58.1 Å². The van der Waals surface area contributed by atoms with Crippen LogP contribution in [0.2, 0.25) is 0 Å². The minimum absolute atomic E-state index is 0.221. The zero-order valence-electron chi connectivity index (χ0n) is 17.8. The van der Waals surface area contributed by atoms with E-state index in [1.807, 2.05) is 33.0 Å². The van der Waals surface area contributed by atoms with Crippen LogP contribution >= 0.6 is 23.0 Å². The number of rotatable bonds is 9. The number of halogens is 1. The van der Waals surface area contributed by atoms with Crippen molar-refractivity contribution in [2.24, 2.45) is 11.5 Å². The summed E-state index contributed by atoms with van der Waals surface area (Å²) in [7, 11) is 0. The highest BCUT2D eigenvalue weighted by Crippen LogP contribution is 2.18. The second-order valence-corrected chi connectivity index (χ2v) is 6.66. The lowest BCUT2D eigenvalue weighted by Gasteiger charge is -2.13. The Kier molecular flexibility index (Phi) is 14.7. The molecular weight excluding hydrogens is 517 g/mol. The second kappa shape index (κ2) is 16.1. The average molecular weight is 547 g/mol. The lowest BCUT2D eigenvalue weighted by Crippen LogP contribution is -2.48. The summed E-state index contributed by atoms with van der Waals surface area (Å²) in [5.41, 5.74) is 13.2. The van der Waals surface area contributed by atoms with Gasteiger partial charge in [-0.3, -0.25) is 19.2 Å². The standard InChI is InChI=1S/C11H14N2.C7H10IN3O5.C2H6/c1-8(12)6-9-7-13-11-5-3-2-4-10(9)11;8-16-6(14)1-4(7(9)15)11-5(13)2-10-3-12;1-2/h2-5,7-8,13H,6,12H2,1H3;3-4H,1-2H2,(H2,9,15)(H,10,12)(H,11,13);1-2H3/t8-;4-;/m10./s1. The summed E-state index contributed by atoms with van der Waals surface area (Å²) in [6, 6.07) is 7.38. The molecule has 0 spiro atoms. The van der Waals surface area contributed by atoms with Crippen LogP contribution in [0.1, 0.15) is 32.8 Å². The maximum atomic E-state index is 11.1. The minimum Gasteiger partial charge on any atom is -0.394 e. The summed E-state index contributed by atoms with van der Waals surface area (Å²) in [6.07, 6.45) is 2.96. The van der Waals surface area contributed by atoms with E-state index in [1.54, 1.807) is 0 Å². The molecule has 172 valence electrons. The Balaban J connectivity index is 0.000000544. The summed E-state index contributed by atoms with van der Waals surface area (Å²) in [4.78, 5) is 46.0. The van der Waals surface area contributed by atoms with Gasteiger partial charge in [0.25, 0.3) is 0 Å². The van der Waals surface area contributed by atoms with Gasteiger partial charge in [0.15, 0.2) is 23.0 Å². The molecule has 0 radical (unpaired) electrons. The number of aromatic amines is 1. The molecule has 2 aromatic rings. The molecule has 1 heterocycles. The van der Waals surface area contributed by atoms with Crippen molar-refractivity contribution in [1.29, 1.82) is 0 Å². The summed E-state index contributed by atoms with van der Waals surface area (Å²) in [5, 5.41) is 5.57. The van der Waals surface area contributed by atoms with Crippen LogP contribution in [-0.4, -0.2) is 47.8 Å². The van der Waals surface area contributed by atoms with Crippen LogP contribution in [0.15, 0.2) is 30.5 Å². The van der Waals surface area contributed by atoms with E-state index in [0.717, 1.165) is 6.42 Å².